The number of fused-ring (bicyclic) bond motifs is 6. The van der Waals surface area contributed by atoms with Crippen LogP contribution in [0.4, 0.5) is 0 Å². The van der Waals surface area contributed by atoms with Crippen molar-refractivity contribution in [1.29, 1.82) is 0 Å². The summed E-state index contributed by atoms with van der Waals surface area (Å²) >= 11 is 0. The average molecular weight is 719 g/mol. The Hall–Kier alpha value is -7.77. The van der Waals surface area contributed by atoms with Gasteiger partial charge in [-0.3, -0.25) is 4.98 Å². The third kappa shape index (κ3) is 5.41. The van der Waals surface area contributed by atoms with Gasteiger partial charge in [-0.15, -0.1) is 0 Å². The number of hydrogen-bond acceptors (Lipinski definition) is 6. The molecule has 4 heterocycles. The number of aromatic amines is 1. The number of nitrogens with one attached hydrogen (secondary N) is 1. The molecule has 0 fully saturated rings. The molecule has 0 saturated heterocycles. The summed E-state index contributed by atoms with van der Waals surface area (Å²) in [6, 6.07) is 58.1. The summed E-state index contributed by atoms with van der Waals surface area (Å²) in [7, 11) is 0. The molecule has 0 radical (unpaired) electrons. The molecule has 4 aromatic heterocycles. The molecule has 7 aromatic carbocycles. The van der Waals surface area contributed by atoms with Gasteiger partial charge in [-0.05, 0) is 69.4 Å². The lowest BCUT2D eigenvalue weighted by molar-refractivity contribution is 0.617. The van der Waals surface area contributed by atoms with E-state index >= 15 is 0 Å². The first kappa shape index (κ1) is 31.7. The topological polar surface area (TPSA) is 93.4 Å². The Morgan fingerprint density at radius 3 is 1.61 bits per heavy atom. The van der Waals surface area contributed by atoms with Gasteiger partial charge in [0.05, 0.1) is 0 Å². The molecule has 0 unspecified atom stereocenters. The molecule has 0 aliphatic heterocycles. The van der Waals surface area contributed by atoms with E-state index in [1.807, 2.05) is 84.9 Å². The highest BCUT2D eigenvalue weighted by atomic mass is 16.3. The number of nitrogens with zero attached hydrogens (tertiary/aromatic N) is 5. The molecule has 0 bridgehead atoms. The fraction of sp³-hybridized carbons (Fsp3) is 0. The van der Waals surface area contributed by atoms with Gasteiger partial charge in [-0.25, -0.2) is 19.9 Å². The second-order valence-electron chi connectivity index (χ2n) is 13.8. The highest BCUT2D eigenvalue weighted by molar-refractivity contribution is 6.19. The zero-order chi connectivity index (χ0) is 37.0. The quantitative estimate of drug-likeness (QED) is 0.184. The molecule has 11 rings (SSSR count). The van der Waals surface area contributed by atoms with E-state index in [4.69, 9.17) is 24.4 Å². The molecule has 0 atom stereocenters. The van der Waals surface area contributed by atoms with E-state index in [1.54, 1.807) is 6.20 Å². The Labute approximate surface area is 321 Å². The molecule has 0 amide bonds. The summed E-state index contributed by atoms with van der Waals surface area (Å²) in [5.74, 6) is 2.43. The highest BCUT2D eigenvalue weighted by Crippen LogP contribution is 2.40. The summed E-state index contributed by atoms with van der Waals surface area (Å²) in [6.07, 6.45) is 1.75. The van der Waals surface area contributed by atoms with E-state index in [0.717, 1.165) is 71.8 Å². The number of pyridine rings is 1. The summed E-state index contributed by atoms with van der Waals surface area (Å²) in [5.41, 5.74) is 11.7. The van der Waals surface area contributed by atoms with Crippen molar-refractivity contribution in [3.8, 4) is 68.0 Å². The smallest absolute Gasteiger partial charge is 0.246 e. The van der Waals surface area contributed by atoms with Crippen molar-refractivity contribution in [2.24, 2.45) is 0 Å². The van der Waals surface area contributed by atoms with Crippen LogP contribution in [0.1, 0.15) is 0 Å². The number of oxazole rings is 1. The number of H-pyrrole nitrogens is 1. The lowest BCUT2D eigenvalue weighted by Crippen LogP contribution is -2.00. The molecule has 7 nitrogen and oxygen atoms in total. The fourth-order valence-corrected chi connectivity index (χ4v) is 7.68. The zero-order valence-corrected chi connectivity index (χ0v) is 29.9. The van der Waals surface area contributed by atoms with Gasteiger partial charge in [0.25, 0.3) is 0 Å². The van der Waals surface area contributed by atoms with Crippen LogP contribution in [0.15, 0.2) is 180 Å². The molecule has 262 valence electrons. The highest BCUT2D eigenvalue weighted by Gasteiger charge is 2.18. The molecule has 0 saturated carbocycles. The molecular weight excluding hydrogens is 689 g/mol. The van der Waals surface area contributed by atoms with E-state index in [0.29, 0.717) is 29.1 Å². The Balaban J connectivity index is 0.986. The maximum Gasteiger partial charge on any atom is 0.246 e. The van der Waals surface area contributed by atoms with Gasteiger partial charge in [0.2, 0.25) is 5.89 Å². The van der Waals surface area contributed by atoms with E-state index in [-0.39, 0.29) is 0 Å². The lowest BCUT2D eigenvalue weighted by Gasteiger charge is -2.13. The van der Waals surface area contributed by atoms with Crippen LogP contribution in [0.25, 0.3) is 112 Å². The van der Waals surface area contributed by atoms with Gasteiger partial charge in [0.15, 0.2) is 23.1 Å². The Bertz CT molecular complexity index is 3170. The van der Waals surface area contributed by atoms with Crippen LogP contribution >= 0.6 is 0 Å². The van der Waals surface area contributed by atoms with Gasteiger partial charge in [-0.2, -0.15) is 0 Å². The van der Waals surface area contributed by atoms with E-state index < -0.39 is 0 Å². The number of rotatable bonds is 6. The molecule has 1 N–H and O–H groups in total. The van der Waals surface area contributed by atoms with Crippen molar-refractivity contribution < 1.29 is 4.42 Å². The van der Waals surface area contributed by atoms with Crippen molar-refractivity contribution in [2.45, 2.75) is 0 Å². The summed E-state index contributed by atoms with van der Waals surface area (Å²) in [4.78, 5) is 27.7. The lowest BCUT2D eigenvalue weighted by atomic mass is 9.91. The van der Waals surface area contributed by atoms with Gasteiger partial charge in [0, 0.05) is 44.7 Å². The number of aromatic nitrogens is 6. The van der Waals surface area contributed by atoms with Gasteiger partial charge < -0.3 is 9.40 Å². The van der Waals surface area contributed by atoms with Crippen LogP contribution in [0, 0.1) is 0 Å². The van der Waals surface area contributed by atoms with Crippen LogP contribution in [-0.2, 0) is 0 Å². The third-order valence-electron chi connectivity index (χ3n) is 10.4. The summed E-state index contributed by atoms with van der Waals surface area (Å²) in [6.45, 7) is 0. The predicted molar refractivity (Wildman–Crippen MR) is 225 cm³/mol. The number of hydrogen-bond donors (Lipinski definition) is 1. The zero-order valence-electron chi connectivity index (χ0n) is 29.9. The van der Waals surface area contributed by atoms with Gasteiger partial charge in [0.1, 0.15) is 11.2 Å². The van der Waals surface area contributed by atoms with Gasteiger partial charge in [-0.1, -0.05) is 133 Å². The first-order chi connectivity index (χ1) is 27.7. The Morgan fingerprint density at radius 2 is 0.964 bits per heavy atom. The van der Waals surface area contributed by atoms with Crippen LogP contribution in [0.2, 0.25) is 0 Å². The SMILES string of the molecule is c1ccc(-c2nc(-c3ccccc3)nc(-c3ccc(-c4ccc(-c5ccc6[nH]c7ccc8oc(-c9ccccn9)nc8c7c6c5)c5ccccc45)cc3)n2)cc1. The molecule has 0 spiro atoms. The van der Waals surface area contributed by atoms with Crippen LogP contribution < -0.4 is 0 Å². The minimum Gasteiger partial charge on any atom is -0.435 e. The molecule has 11 aromatic rings. The Kier molecular flexibility index (Phi) is 7.35. The Morgan fingerprint density at radius 1 is 0.411 bits per heavy atom. The first-order valence-corrected chi connectivity index (χ1v) is 18.5. The second-order valence-corrected chi connectivity index (χ2v) is 13.8. The number of benzene rings is 7. The predicted octanol–water partition coefficient (Wildman–Crippen LogP) is 12.2. The van der Waals surface area contributed by atoms with Crippen LogP contribution in [-0.4, -0.2) is 29.9 Å². The second kappa shape index (κ2) is 13.0. The van der Waals surface area contributed by atoms with E-state index in [2.05, 4.69) is 94.9 Å². The normalized spacial score (nSPS) is 11.6. The molecule has 56 heavy (non-hydrogen) atoms. The van der Waals surface area contributed by atoms with Crippen molar-refractivity contribution >= 4 is 43.7 Å². The molecule has 0 aliphatic carbocycles. The molecule has 0 aliphatic rings. The van der Waals surface area contributed by atoms with Crippen LogP contribution in [0.5, 0.6) is 0 Å². The van der Waals surface area contributed by atoms with Crippen molar-refractivity contribution in [3.63, 3.8) is 0 Å². The van der Waals surface area contributed by atoms with Crippen molar-refractivity contribution in [3.05, 3.63) is 176 Å². The molecular formula is C49H30N6O. The average Bonchev–Trinajstić information content (AvgIpc) is 3.88. The fourth-order valence-electron chi connectivity index (χ4n) is 7.68. The van der Waals surface area contributed by atoms with E-state index in [9.17, 15) is 0 Å². The largest absolute Gasteiger partial charge is 0.435 e. The van der Waals surface area contributed by atoms with Gasteiger partial charge >= 0.3 is 0 Å². The standard InChI is InChI=1S/C49H30N6O/c1-3-11-31(12-4-1)46-53-47(32-13-5-2-6-14-32)55-48(54-46)33-20-18-30(19-21-33)35-23-24-36(38-16-8-7-15-37(35)38)34-22-25-40-39(29-34)44-41(51-40)26-27-43-45(44)52-49(56-43)42-17-9-10-28-50-42/h1-29,51H. The summed E-state index contributed by atoms with van der Waals surface area (Å²) < 4.78 is 6.19. The van der Waals surface area contributed by atoms with Crippen molar-refractivity contribution in [1.82, 2.24) is 29.9 Å². The van der Waals surface area contributed by atoms with Crippen molar-refractivity contribution in [2.75, 3.05) is 0 Å². The van der Waals surface area contributed by atoms with E-state index in [1.165, 1.54) is 10.8 Å². The first-order valence-electron chi connectivity index (χ1n) is 18.5. The summed E-state index contributed by atoms with van der Waals surface area (Å²) in [5, 5.41) is 4.48. The maximum atomic E-state index is 6.19. The third-order valence-corrected chi connectivity index (χ3v) is 10.4. The monoisotopic (exact) mass is 718 g/mol. The molecule has 7 heteroatoms. The maximum absolute atomic E-state index is 6.19. The minimum atomic E-state index is 0.510. The van der Waals surface area contributed by atoms with Crippen LogP contribution in [0.3, 0.4) is 0 Å². The minimum absolute atomic E-state index is 0.510.